The highest BCUT2D eigenvalue weighted by molar-refractivity contribution is 9.10. The van der Waals surface area contributed by atoms with Crippen LogP contribution in [0.3, 0.4) is 0 Å². The maximum atomic E-state index is 12.9. The van der Waals surface area contributed by atoms with Crippen molar-refractivity contribution in [3.8, 4) is 17.2 Å². The first kappa shape index (κ1) is 16.7. The van der Waals surface area contributed by atoms with Crippen LogP contribution in [-0.2, 0) is 6.54 Å². The van der Waals surface area contributed by atoms with Crippen LogP contribution in [0.2, 0.25) is 5.02 Å². The van der Waals surface area contributed by atoms with E-state index < -0.39 is 5.76 Å². The molecular formula is C16H11BrClFN2O3. The smallest absolute Gasteiger partial charge is 0.437 e. The molecule has 3 rings (SSSR count). The summed E-state index contributed by atoms with van der Waals surface area (Å²) < 4.78 is 25.5. The fraction of sp³-hybridized carbons (Fsp3) is 0.125. The lowest BCUT2D eigenvalue weighted by molar-refractivity contribution is 0.284. The van der Waals surface area contributed by atoms with Crippen molar-refractivity contribution >= 4 is 27.5 Å². The quantitative estimate of drug-likeness (QED) is 0.631. The Morgan fingerprint density at radius 1 is 1.25 bits per heavy atom. The fourth-order valence-electron chi connectivity index (χ4n) is 1.99. The third-order valence-electron chi connectivity index (χ3n) is 3.15. The van der Waals surface area contributed by atoms with Gasteiger partial charge in [0.2, 0.25) is 5.89 Å². The number of aromatic nitrogens is 2. The van der Waals surface area contributed by atoms with Crippen LogP contribution in [0.25, 0.3) is 11.5 Å². The van der Waals surface area contributed by atoms with E-state index in [0.717, 1.165) is 9.15 Å². The maximum Gasteiger partial charge on any atom is 0.437 e. The first-order chi connectivity index (χ1) is 11.5. The molecular weight excluding hydrogens is 403 g/mol. The minimum Gasteiger partial charge on any atom is -0.490 e. The molecule has 3 aromatic rings. The molecule has 0 N–H and O–H groups in total. The molecule has 0 atom stereocenters. The molecule has 2 aromatic carbocycles. The third-order valence-corrected chi connectivity index (χ3v) is 4.01. The van der Waals surface area contributed by atoms with Crippen molar-refractivity contribution < 1.29 is 13.5 Å². The highest BCUT2D eigenvalue weighted by atomic mass is 79.9. The van der Waals surface area contributed by atoms with Crippen LogP contribution in [0.4, 0.5) is 4.39 Å². The maximum absolute atomic E-state index is 12.9. The van der Waals surface area contributed by atoms with Crippen molar-refractivity contribution in [1.29, 1.82) is 0 Å². The molecule has 0 amide bonds. The van der Waals surface area contributed by atoms with Crippen molar-refractivity contribution in [2.24, 2.45) is 0 Å². The number of benzene rings is 2. The summed E-state index contributed by atoms with van der Waals surface area (Å²) >= 11 is 9.21. The van der Waals surface area contributed by atoms with E-state index >= 15 is 0 Å². The van der Waals surface area contributed by atoms with E-state index in [-0.39, 0.29) is 24.9 Å². The van der Waals surface area contributed by atoms with Gasteiger partial charge >= 0.3 is 5.76 Å². The Morgan fingerprint density at radius 2 is 2.00 bits per heavy atom. The molecule has 8 heteroatoms. The van der Waals surface area contributed by atoms with Crippen molar-refractivity contribution in [3.63, 3.8) is 0 Å². The summed E-state index contributed by atoms with van der Waals surface area (Å²) in [7, 11) is 0. The van der Waals surface area contributed by atoms with Crippen LogP contribution in [0.5, 0.6) is 5.75 Å². The number of rotatable bonds is 5. The van der Waals surface area contributed by atoms with Gasteiger partial charge in [0.25, 0.3) is 0 Å². The Balaban J connectivity index is 1.67. The van der Waals surface area contributed by atoms with Crippen LogP contribution < -0.4 is 10.5 Å². The van der Waals surface area contributed by atoms with E-state index in [1.54, 1.807) is 18.2 Å². The second-order valence-corrected chi connectivity index (χ2v) is 6.12. The Hall–Kier alpha value is -2.12. The normalized spacial score (nSPS) is 10.8. The van der Waals surface area contributed by atoms with Gasteiger partial charge in [-0.05, 0) is 58.4 Å². The minimum atomic E-state index is -0.604. The third kappa shape index (κ3) is 3.85. The minimum absolute atomic E-state index is 0.132. The zero-order chi connectivity index (χ0) is 17.1. The van der Waals surface area contributed by atoms with Gasteiger partial charge in [-0.15, -0.1) is 5.10 Å². The van der Waals surface area contributed by atoms with E-state index in [1.165, 1.54) is 24.3 Å². The Bertz CT molecular complexity index is 908. The van der Waals surface area contributed by atoms with Gasteiger partial charge in [-0.1, -0.05) is 11.6 Å². The predicted octanol–water partition coefficient (Wildman–Crippen LogP) is 4.14. The number of hydrogen-bond donors (Lipinski definition) is 0. The molecule has 0 aliphatic heterocycles. The standard InChI is InChI=1S/C16H11BrClFN2O3/c17-13-9-11(18)3-6-14(13)23-8-7-21-16(22)24-15(20-21)10-1-4-12(19)5-2-10/h1-6,9H,7-8H2. The van der Waals surface area contributed by atoms with Crippen LogP contribution in [0.15, 0.2) is 56.1 Å². The highest BCUT2D eigenvalue weighted by Gasteiger charge is 2.11. The van der Waals surface area contributed by atoms with Gasteiger partial charge in [-0.25, -0.2) is 9.18 Å². The molecule has 0 bridgehead atoms. The number of halogens is 3. The molecule has 1 heterocycles. The van der Waals surface area contributed by atoms with Crippen LogP contribution in [0.1, 0.15) is 0 Å². The molecule has 0 aliphatic carbocycles. The summed E-state index contributed by atoms with van der Waals surface area (Å²) in [5.41, 5.74) is 0.522. The molecule has 0 saturated heterocycles. The fourth-order valence-corrected chi connectivity index (χ4v) is 2.79. The first-order valence-corrected chi connectivity index (χ1v) is 8.12. The van der Waals surface area contributed by atoms with E-state index in [0.29, 0.717) is 16.3 Å². The van der Waals surface area contributed by atoms with Gasteiger partial charge in [0, 0.05) is 10.6 Å². The van der Waals surface area contributed by atoms with E-state index in [2.05, 4.69) is 21.0 Å². The summed E-state index contributed by atoms with van der Waals surface area (Å²) in [6.45, 7) is 0.425. The van der Waals surface area contributed by atoms with E-state index in [4.69, 9.17) is 20.8 Å². The van der Waals surface area contributed by atoms with Gasteiger partial charge in [-0.2, -0.15) is 4.68 Å². The molecule has 0 fully saturated rings. The van der Waals surface area contributed by atoms with Gasteiger partial charge in [-0.3, -0.25) is 0 Å². The topological polar surface area (TPSA) is 57.3 Å². The molecule has 0 radical (unpaired) electrons. The molecule has 0 spiro atoms. The molecule has 0 unspecified atom stereocenters. The molecule has 124 valence electrons. The summed E-state index contributed by atoms with van der Waals surface area (Å²) in [6, 6.07) is 10.7. The summed E-state index contributed by atoms with van der Waals surface area (Å²) in [4.78, 5) is 11.8. The summed E-state index contributed by atoms with van der Waals surface area (Å²) in [5, 5.41) is 4.67. The Kier molecular flexibility index (Phi) is 5.01. The number of ether oxygens (including phenoxy) is 1. The largest absolute Gasteiger partial charge is 0.490 e. The van der Waals surface area contributed by atoms with Crippen molar-refractivity contribution in [2.75, 3.05) is 6.61 Å². The lowest BCUT2D eigenvalue weighted by Gasteiger charge is -2.07. The van der Waals surface area contributed by atoms with Gasteiger partial charge in [0.05, 0.1) is 11.0 Å². The lowest BCUT2D eigenvalue weighted by atomic mass is 10.2. The van der Waals surface area contributed by atoms with E-state index in [1.807, 2.05) is 0 Å². The first-order valence-electron chi connectivity index (χ1n) is 6.94. The van der Waals surface area contributed by atoms with Gasteiger partial charge in [0.15, 0.2) is 0 Å². The number of hydrogen-bond acceptors (Lipinski definition) is 4. The molecule has 24 heavy (non-hydrogen) atoms. The molecule has 1 aromatic heterocycles. The lowest BCUT2D eigenvalue weighted by Crippen LogP contribution is -2.20. The summed E-state index contributed by atoms with van der Waals surface area (Å²) in [6.07, 6.45) is 0. The van der Waals surface area contributed by atoms with Crippen molar-refractivity contribution in [3.05, 3.63) is 68.3 Å². The average Bonchev–Trinajstić information content (AvgIpc) is 2.91. The Morgan fingerprint density at radius 3 is 2.71 bits per heavy atom. The zero-order valence-electron chi connectivity index (χ0n) is 12.2. The predicted molar refractivity (Wildman–Crippen MR) is 90.8 cm³/mol. The molecule has 0 aliphatic rings. The van der Waals surface area contributed by atoms with E-state index in [9.17, 15) is 9.18 Å². The van der Waals surface area contributed by atoms with Crippen molar-refractivity contribution in [2.45, 2.75) is 6.54 Å². The van der Waals surface area contributed by atoms with Gasteiger partial charge in [0.1, 0.15) is 18.2 Å². The Labute approximate surface area is 149 Å². The van der Waals surface area contributed by atoms with Crippen LogP contribution in [0, 0.1) is 5.82 Å². The highest BCUT2D eigenvalue weighted by Crippen LogP contribution is 2.27. The second-order valence-electron chi connectivity index (χ2n) is 4.83. The van der Waals surface area contributed by atoms with Gasteiger partial charge < -0.3 is 9.15 Å². The average molecular weight is 414 g/mol. The van der Waals surface area contributed by atoms with Crippen molar-refractivity contribution in [1.82, 2.24) is 9.78 Å². The molecule has 0 saturated carbocycles. The number of nitrogens with zero attached hydrogens (tertiary/aromatic N) is 2. The zero-order valence-corrected chi connectivity index (χ0v) is 14.6. The van der Waals surface area contributed by atoms with Crippen LogP contribution in [-0.4, -0.2) is 16.4 Å². The molecule has 5 nitrogen and oxygen atoms in total. The monoisotopic (exact) mass is 412 g/mol. The SMILES string of the molecule is O=c1oc(-c2ccc(F)cc2)nn1CCOc1ccc(Cl)cc1Br. The second kappa shape index (κ2) is 7.19. The summed E-state index contributed by atoms with van der Waals surface area (Å²) in [5.74, 6) is -0.238. The van der Waals surface area contributed by atoms with Crippen LogP contribution >= 0.6 is 27.5 Å².